The van der Waals surface area contributed by atoms with Crippen LogP contribution in [-0.2, 0) is 16.1 Å². The minimum Gasteiger partial charge on any atom is -0.489 e. The lowest BCUT2D eigenvalue weighted by Crippen LogP contribution is -2.74. The molecule has 14 nitrogen and oxygen atoms in total. The van der Waals surface area contributed by atoms with Gasteiger partial charge in [0, 0.05) is 85.9 Å². The van der Waals surface area contributed by atoms with Crippen LogP contribution in [0.2, 0.25) is 5.02 Å². The van der Waals surface area contributed by atoms with Gasteiger partial charge in [0.2, 0.25) is 17.5 Å². The number of ether oxygens (including phenoxy) is 1. The second-order valence-electron chi connectivity index (χ2n) is 18.7. The van der Waals surface area contributed by atoms with Gasteiger partial charge in [-0.1, -0.05) is 45.4 Å². The van der Waals surface area contributed by atoms with Crippen molar-refractivity contribution in [1.82, 2.24) is 30.6 Å². The molecule has 1 saturated carbocycles. The summed E-state index contributed by atoms with van der Waals surface area (Å²) in [5.74, 6) is 0.909. The maximum absolute atomic E-state index is 13.5. The summed E-state index contributed by atoms with van der Waals surface area (Å²) in [4.78, 5) is 63.5. The molecule has 1 aliphatic carbocycles. The number of imide groups is 1. The number of amides is 4. The number of hydrogen-bond acceptors (Lipinski definition) is 10. The minimum atomic E-state index is -0.608. The number of piperidine rings is 2. The van der Waals surface area contributed by atoms with E-state index < -0.39 is 6.04 Å². The Balaban J connectivity index is 0.751. The van der Waals surface area contributed by atoms with Crippen LogP contribution in [0.1, 0.15) is 92.6 Å². The molecule has 15 heteroatoms. The first-order chi connectivity index (χ1) is 28.7. The molecule has 6 heterocycles. The maximum atomic E-state index is 13.5. The molecule has 3 aromatic rings. The molecular formula is C45H52ClN9O5. The lowest BCUT2D eigenvalue weighted by atomic mass is 9.49. The second kappa shape index (κ2) is 15.3. The summed E-state index contributed by atoms with van der Waals surface area (Å²) in [5, 5.41) is 14.8. The smallest absolute Gasteiger partial charge is 0.272 e. The molecule has 314 valence electrons. The predicted octanol–water partition coefficient (Wildman–Crippen LogP) is 5.62. The van der Waals surface area contributed by atoms with Gasteiger partial charge in [-0.15, -0.1) is 10.2 Å². The molecule has 9 rings (SSSR count). The number of benzene rings is 2. The second-order valence-corrected chi connectivity index (χ2v) is 19.1. The van der Waals surface area contributed by atoms with Gasteiger partial charge in [0.1, 0.15) is 17.9 Å². The summed E-state index contributed by atoms with van der Waals surface area (Å²) in [6.45, 7) is 20.7. The normalized spacial score (nSPS) is 27.2. The van der Waals surface area contributed by atoms with Crippen molar-refractivity contribution in [2.75, 3.05) is 42.5 Å². The van der Waals surface area contributed by atoms with E-state index in [2.05, 4.69) is 80.2 Å². The Hall–Kier alpha value is -5.26. The zero-order valence-corrected chi connectivity index (χ0v) is 35.4. The van der Waals surface area contributed by atoms with E-state index in [9.17, 15) is 19.2 Å². The Bertz CT molecular complexity index is 2240. The van der Waals surface area contributed by atoms with Gasteiger partial charge in [-0.05, 0) is 86.1 Å². The number of fused-ring (bicyclic) bond motifs is 3. The highest BCUT2D eigenvalue weighted by atomic mass is 35.5. The van der Waals surface area contributed by atoms with E-state index in [1.165, 1.54) is 12.8 Å². The van der Waals surface area contributed by atoms with E-state index in [1.807, 2.05) is 12.1 Å². The SMILES string of the molecule is [C-]#[N+]c1ccc(OC2C(C)(C)C(NC(=O)c3ccc(N4CCC(CN5C6CCC5CN(c5ccc7c(c5)CN(C5CCC(=O)NC5=O)C7=O)C6)CC4)nn3)C2(C)C)cc1Cl. The van der Waals surface area contributed by atoms with Crippen LogP contribution < -0.4 is 25.2 Å². The summed E-state index contributed by atoms with van der Waals surface area (Å²) in [5.41, 5.74) is 2.62. The first kappa shape index (κ1) is 40.2. The average molecular weight is 834 g/mol. The fourth-order valence-corrected chi connectivity index (χ4v) is 11.5. The van der Waals surface area contributed by atoms with Gasteiger partial charge in [-0.2, -0.15) is 0 Å². The Kier molecular flexibility index (Phi) is 10.3. The molecule has 6 aliphatic rings. The monoisotopic (exact) mass is 833 g/mol. The highest BCUT2D eigenvalue weighted by molar-refractivity contribution is 6.33. The summed E-state index contributed by atoms with van der Waals surface area (Å²) in [6, 6.07) is 15.0. The summed E-state index contributed by atoms with van der Waals surface area (Å²) in [7, 11) is 0. The first-order valence-electron chi connectivity index (χ1n) is 21.2. The molecule has 3 unspecified atom stereocenters. The van der Waals surface area contributed by atoms with Crippen LogP contribution in [0.4, 0.5) is 17.2 Å². The van der Waals surface area contributed by atoms with E-state index in [4.69, 9.17) is 22.9 Å². The van der Waals surface area contributed by atoms with Crippen LogP contribution >= 0.6 is 11.6 Å². The van der Waals surface area contributed by atoms with Gasteiger partial charge in [0.15, 0.2) is 11.5 Å². The number of rotatable bonds is 9. The van der Waals surface area contributed by atoms with E-state index >= 15 is 0 Å². The number of anilines is 2. The number of carbonyl (C=O) groups excluding carboxylic acids is 4. The van der Waals surface area contributed by atoms with Crippen LogP contribution in [0.3, 0.4) is 0 Å². The Labute approximate surface area is 355 Å². The molecule has 5 fully saturated rings. The molecule has 0 radical (unpaired) electrons. The lowest BCUT2D eigenvalue weighted by Gasteiger charge is -2.63. The van der Waals surface area contributed by atoms with Crippen molar-refractivity contribution in [3.8, 4) is 5.75 Å². The Morgan fingerprint density at radius 3 is 2.32 bits per heavy atom. The third-order valence-electron chi connectivity index (χ3n) is 14.2. The van der Waals surface area contributed by atoms with E-state index in [0.29, 0.717) is 53.0 Å². The van der Waals surface area contributed by atoms with Crippen LogP contribution in [0, 0.1) is 23.3 Å². The summed E-state index contributed by atoms with van der Waals surface area (Å²) in [6.07, 6.45) is 4.91. The number of carbonyl (C=O) groups is 4. The van der Waals surface area contributed by atoms with Crippen molar-refractivity contribution in [2.24, 2.45) is 16.7 Å². The maximum Gasteiger partial charge on any atom is 0.272 e. The zero-order chi connectivity index (χ0) is 42.1. The molecule has 2 bridgehead atoms. The first-order valence-corrected chi connectivity index (χ1v) is 21.6. The standard InChI is InChI=1S/C45H52ClN9O5/c1-44(2)42(45(3,4)43(44)60-31-9-11-34(47-5)33(46)21-31)49-39(57)35-12-14-37(51-50-35)52-18-16-26(17-19-52)22-54-29-6-7-30(54)25-53(24-29)28-8-10-32-27(20-28)23-55(41(32)59)36-13-15-38(56)48-40(36)58/h8-12,14,20-21,26,29-30,36,42-43H,6-7,13,15-19,22-25H2,1-4H3,(H,49,57)(H,48,56,58). The summed E-state index contributed by atoms with van der Waals surface area (Å²) >= 11 is 6.26. The van der Waals surface area contributed by atoms with Crippen molar-refractivity contribution in [2.45, 2.75) is 103 Å². The van der Waals surface area contributed by atoms with Crippen LogP contribution in [0.5, 0.6) is 5.75 Å². The molecule has 2 aromatic carbocycles. The lowest BCUT2D eigenvalue weighted by molar-refractivity contribution is -0.164. The van der Waals surface area contributed by atoms with Gasteiger partial charge in [0.25, 0.3) is 11.8 Å². The highest BCUT2D eigenvalue weighted by Crippen LogP contribution is 2.56. The van der Waals surface area contributed by atoms with Gasteiger partial charge in [0.05, 0.1) is 11.6 Å². The number of nitrogens with one attached hydrogen (secondary N) is 2. The molecule has 5 aliphatic heterocycles. The van der Waals surface area contributed by atoms with Gasteiger partial charge < -0.3 is 24.8 Å². The zero-order valence-electron chi connectivity index (χ0n) is 34.6. The van der Waals surface area contributed by atoms with Crippen molar-refractivity contribution >= 4 is 52.4 Å². The number of hydrogen-bond donors (Lipinski definition) is 2. The largest absolute Gasteiger partial charge is 0.489 e. The molecule has 2 N–H and O–H groups in total. The predicted molar refractivity (Wildman–Crippen MR) is 226 cm³/mol. The molecular weight excluding hydrogens is 782 g/mol. The molecule has 60 heavy (non-hydrogen) atoms. The molecule has 4 saturated heterocycles. The quantitative estimate of drug-likeness (QED) is 0.206. The van der Waals surface area contributed by atoms with Gasteiger partial charge in [-0.25, -0.2) is 4.85 Å². The van der Waals surface area contributed by atoms with Gasteiger partial charge >= 0.3 is 0 Å². The number of halogens is 1. The molecule has 0 spiro atoms. The Morgan fingerprint density at radius 1 is 0.933 bits per heavy atom. The number of piperazine rings is 1. The highest BCUT2D eigenvalue weighted by Gasteiger charge is 2.64. The summed E-state index contributed by atoms with van der Waals surface area (Å²) < 4.78 is 6.38. The molecule has 3 atom stereocenters. The van der Waals surface area contributed by atoms with Crippen LogP contribution in [0.25, 0.3) is 4.85 Å². The number of nitrogens with zero attached hydrogens (tertiary/aromatic N) is 7. The van der Waals surface area contributed by atoms with E-state index in [-0.39, 0.29) is 58.7 Å². The Morgan fingerprint density at radius 2 is 1.67 bits per heavy atom. The van der Waals surface area contributed by atoms with E-state index in [1.54, 1.807) is 29.2 Å². The van der Waals surface area contributed by atoms with Gasteiger partial charge in [-0.3, -0.25) is 29.4 Å². The fourth-order valence-electron chi connectivity index (χ4n) is 11.3. The minimum absolute atomic E-state index is 0.137. The third kappa shape index (κ3) is 7.13. The average Bonchev–Trinajstić information content (AvgIpc) is 3.66. The number of aromatic nitrogens is 2. The van der Waals surface area contributed by atoms with Crippen molar-refractivity contribution in [1.29, 1.82) is 0 Å². The molecule has 1 aromatic heterocycles. The van der Waals surface area contributed by atoms with Crippen molar-refractivity contribution < 1.29 is 23.9 Å². The topological polar surface area (TPSA) is 145 Å². The van der Waals surface area contributed by atoms with Crippen molar-refractivity contribution in [3.63, 3.8) is 0 Å². The molecule has 4 amide bonds. The van der Waals surface area contributed by atoms with Crippen molar-refractivity contribution in [3.05, 3.63) is 81.8 Å². The van der Waals surface area contributed by atoms with Crippen LogP contribution in [-0.4, -0.2) is 107 Å². The van der Waals surface area contributed by atoms with Crippen LogP contribution in [0.15, 0.2) is 48.5 Å². The van der Waals surface area contributed by atoms with E-state index in [0.717, 1.165) is 62.6 Å². The fraction of sp³-hybridized carbons (Fsp3) is 0.533. The third-order valence-corrected chi connectivity index (χ3v) is 14.5.